The molecule has 0 atom stereocenters. The number of aromatic nitrogens is 1. The number of nitrogens with two attached hydrogens (primary N) is 1. The molecule has 1 aromatic heterocycles. The maximum absolute atomic E-state index is 12.0. The van der Waals surface area contributed by atoms with Gasteiger partial charge in [-0.3, -0.25) is 4.79 Å². The monoisotopic (exact) mass is 271 g/mol. The standard InChI is InChI=1S/C11H17N3OS2/c1-4-11(5-2,10(12)16)14-9(15)8-6-17-7(3)13-8/h6H,4-5H2,1-3H3,(H2,12,16)(H,14,15). The summed E-state index contributed by atoms with van der Waals surface area (Å²) in [6, 6.07) is 0. The van der Waals surface area contributed by atoms with E-state index in [2.05, 4.69) is 10.3 Å². The second-order valence-electron chi connectivity index (χ2n) is 3.86. The number of rotatable bonds is 5. The first-order chi connectivity index (χ1) is 7.95. The third-order valence-electron chi connectivity index (χ3n) is 2.88. The Labute approximate surface area is 111 Å². The summed E-state index contributed by atoms with van der Waals surface area (Å²) in [6.07, 6.45) is 1.35. The van der Waals surface area contributed by atoms with Gasteiger partial charge in [0.1, 0.15) is 5.69 Å². The van der Waals surface area contributed by atoms with Crippen molar-refractivity contribution in [3.63, 3.8) is 0 Å². The van der Waals surface area contributed by atoms with Crippen molar-refractivity contribution in [3.05, 3.63) is 16.1 Å². The largest absolute Gasteiger partial charge is 0.391 e. The first-order valence-corrected chi connectivity index (χ1v) is 6.78. The molecule has 0 aliphatic carbocycles. The molecule has 0 aliphatic heterocycles. The number of hydrogen-bond donors (Lipinski definition) is 2. The van der Waals surface area contributed by atoms with Crippen LogP contribution in [0.3, 0.4) is 0 Å². The Kier molecular flexibility index (Phi) is 4.59. The lowest BCUT2D eigenvalue weighted by molar-refractivity contribution is 0.0915. The number of nitrogens with one attached hydrogen (secondary N) is 1. The van der Waals surface area contributed by atoms with Crippen LogP contribution in [-0.4, -0.2) is 21.4 Å². The van der Waals surface area contributed by atoms with Crippen LogP contribution >= 0.6 is 23.6 Å². The molecule has 1 heterocycles. The van der Waals surface area contributed by atoms with E-state index in [1.54, 1.807) is 5.38 Å². The Bertz CT molecular complexity index is 424. The molecule has 0 bridgehead atoms. The molecule has 1 aromatic rings. The molecule has 3 N–H and O–H groups in total. The minimum atomic E-state index is -0.607. The number of hydrogen-bond acceptors (Lipinski definition) is 4. The Morgan fingerprint density at radius 3 is 2.53 bits per heavy atom. The van der Waals surface area contributed by atoms with Crippen molar-refractivity contribution >= 4 is 34.5 Å². The quantitative estimate of drug-likeness (QED) is 0.804. The van der Waals surface area contributed by atoms with Gasteiger partial charge in [0.2, 0.25) is 0 Å². The van der Waals surface area contributed by atoms with Gasteiger partial charge in [-0.15, -0.1) is 11.3 Å². The van der Waals surface area contributed by atoms with Gasteiger partial charge in [-0.25, -0.2) is 4.98 Å². The van der Waals surface area contributed by atoms with Crippen molar-refractivity contribution in [1.82, 2.24) is 10.3 Å². The highest BCUT2D eigenvalue weighted by molar-refractivity contribution is 7.80. The Balaban J connectivity index is 2.88. The summed E-state index contributed by atoms with van der Waals surface area (Å²) in [5, 5.41) is 5.50. The van der Waals surface area contributed by atoms with Crippen molar-refractivity contribution in [2.24, 2.45) is 5.73 Å². The van der Waals surface area contributed by atoms with Crippen LogP contribution in [-0.2, 0) is 0 Å². The smallest absolute Gasteiger partial charge is 0.271 e. The van der Waals surface area contributed by atoms with Crippen molar-refractivity contribution in [3.8, 4) is 0 Å². The highest BCUT2D eigenvalue weighted by Crippen LogP contribution is 2.17. The van der Waals surface area contributed by atoms with E-state index in [-0.39, 0.29) is 5.91 Å². The van der Waals surface area contributed by atoms with E-state index in [1.807, 2.05) is 20.8 Å². The fourth-order valence-electron chi connectivity index (χ4n) is 1.59. The zero-order chi connectivity index (χ0) is 13.1. The summed E-state index contributed by atoms with van der Waals surface area (Å²) in [5.41, 5.74) is 5.54. The molecule has 0 saturated heterocycles. The van der Waals surface area contributed by atoms with Crippen molar-refractivity contribution < 1.29 is 4.79 Å². The highest BCUT2D eigenvalue weighted by Gasteiger charge is 2.32. The molecule has 4 nitrogen and oxygen atoms in total. The molecule has 1 amide bonds. The van der Waals surface area contributed by atoms with E-state index >= 15 is 0 Å². The molecule has 0 fully saturated rings. The van der Waals surface area contributed by atoms with E-state index < -0.39 is 5.54 Å². The first-order valence-electron chi connectivity index (χ1n) is 5.49. The fraction of sp³-hybridized carbons (Fsp3) is 0.545. The minimum absolute atomic E-state index is 0.217. The zero-order valence-electron chi connectivity index (χ0n) is 10.2. The van der Waals surface area contributed by atoms with Gasteiger partial charge in [-0.05, 0) is 19.8 Å². The summed E-state index contributed by atoms with van der Waals surface area (Å²) in [5.74, 6) is -0.217. The second-order valence-corrected chi connectivity index (χ2v) is 5.36. The molecule has 0 unspecified atom stereocenters. The van der Waals surface area contributed by atoms with Gasteiger partial charge in [-0.2, -0.15) is 0 Å². The number of thiazole rings is 1. The van der Waals surface area contributed by atoms with Crippen LogP contribution in [0.2, 0.25) is 0 Å². The summed E-state index contributed by atoms with van der Waals surface area (Å²) in [7, 11) is 0. The minimum Gasteiger partial charge on any atom is -0.391 e. The lowest BCUT2D eigenvalue weighted by Gasteiger charge is -2.31. The van der Waals surface area contributed by atoms with Gasteiger partial charge in [-0.1, -0.05) is 26.1 Å². The number of amides is 1. The zero-order valence-corrected chi connectivity index (χ0v) is 11.9. The lowest BCUT2D eigenvalue weighted by atomic mass is 9.92. The molecular formula is C11H17N3OS2. The molecular weight excluding hydrogens is 254 g/mol. The van der Waals surface area contributed by atoms with E-state index in [9.17, 15) is 4.79 Å². The third-order valence-corrected chi connectivity index (χ3v) is 4.05. The molecule has 94 valence electrons. The number of aryl methyl sites for hydroxylation is 1. The van der Waals surface area contributed by atoms with E-state index in [1.165, 1.54) is 11.3 Å². The molecule has 0 radical (unpaired) electrons. The summed E-state index contributed by atoms with van der Waals surface area (Å²) >= 11 is 6.49. The predicted molar refractivity (Wildman–Crippen MR) is 74.4 cm³/mol. The average Bonchev–Trinajstić information content (AvgIpc) is 2.72. The Morgan fingerprint density at radius 1 is 1.59 bits per heavy atom. The lowest BCUT2D eigenvalue weighted by Crippen LogP contribution is -2.56. The van der Waals surface area contributed by atoms with Crippen molar-refractivity contribution in [1.29, 1.82) is 0 Å². The van der Waals surface area contributed by atoms with Gasteiger partial charge in [0.25, 0.3) is 5.91 Å². The van der Waals surface area contributed by atoms with Crippen LogP contribution in [0.25, 0.3) is 0 Å². The van der Waals surface area contributed by atoms with Crippen LogP contribution in [0, 0.1) is 6.92 Å². The molecule has 0 aromatic carbocycles. The Morgan fingerprint density at radius 2 is 2.18 bits per heavy atom. The van der Waals surface area contributed by atoms with Crippen LogP contribution < -0.4 is 11.1 Å². The van der Waals surface area contributed by atoms with Crippen LogP contribution in [0.15, 0.2) is 5.38 Å². The molecule has 0 aliphatic rings. The van der Waals surface area contributed by atoms with Gasteiger partial charge in [0.05, 0.1) is 15.5 Å². The molecule has 6 heteroatoms. The van der Waals surface area contributed by atoms with Gasteiger partial charge in [0, 0.05) is 5.38 Å². The molecule has 0 saturated carbocycles. The third kappa shape index (κ3) is 3.01. The van der Waals surface area contributed by atoms with Gasteiger partial charge >= 0.3 is 0 Å². The molecule has 1 rings (SSSR count). The first kappa shape index (κ1) is 14.1. The highest BCUT2D eigenvalue weighted by atomic mass is 32.1. The number of thiocarbonyl (C=S) groups is 1. The Hall–Kier alpha value is -1.01. The van der Waals surface area contributed by atoms with Crippen LogP contribution in [0.1, 0.15) is 42.2 Å². The van der Waals surface area contributed by atoms with Gasteiger partial charge < -0.3 is 11.1 Å². The maximum atomic E-state index is 12.0. The van der Waals surface area contributed by atoms with Crippen molar-refractivity contribution in [2.75, 3.05) is 0 Å². The SMILES string of the molecule is CCC(CC)(NC(=O)c1csc(C)n1)C(N)=S. The van der Waals surface area contributed by atoms with Gasteiger partial charge in [0.15, 0.2) is 0 Å². The molecule has 0 spiro atoms. The predicted octanol–water partition coefficient (Wildman–Crippen LogP) is 2.03. The van der Waals surface area contributed by atoms with E-state index in [4.69, 9.17) is 18.0 Å². The summed E-state index contributed by atoms with van der Waals surface area (Å²) < 4.78 is 0. The maximum Gasteiger partial charge on any atom is 0.271 e. The van der Waals surface area contributed by atoms with E-state index in [0.29, 0.717) is 23.5 Å². The van der Waals surface area contributed by atoms with E-state index in [0.717, 1.165) is 5.01 Å². The topological polar surface area (TPSA) is 68.0 Å². The second kappa shape index (κ2) is 5.55. The summed E-state index contributed by atoms with van der Waals surface area (Å²) in [4.78, 5) is 16.5. The number of nitrogens with zero attached hydrogens (tertiary/aromatic N) is 1. The van der Waals surface area contributed by atoms with Crippen LogP contribution in [0.4, 0.5) is 0 Å². The number of carbonyl (C=O) groups excluding carboxylic acids is 1. The summed E-state index contributed by atoms with van der Waals surface area (Å²) in [6.45, 7) is 5.77. The van der Waals surface area contributed by atoms with Crippen molar-refractivity contribution in [2.45, 2.75) is 39.2 Å². The average molecular weight is 271 g/mol. The fourth-order valence-corrected chi connectivity index (χ4v) is 2.52. The normalized spacial score (nSPS) is 11.2. The van der Waals surface area contributed by atoms with Crippen LogP contribution in [0.5, 0.6) is 0 Å². The number of carbonyl (C=O) groups is 1. The molecule has 17 heavy (non-hydrogen) atoms.